The van der Waals surface area contributed by atoms with Crippen LogP contribution in [0.25, 0.3) is 21.7 Å². The van der Waals surface area contributed by atoms with E-state index in [2.05, 4.69) is 15.6 Å². The topological polar surface area (TPSA) is 76.0 Å². The fourth-order valence-corrected chi connectivity index (χ4v) is 5.02. The molecule has 0 bridgehead atoms. The number of aromatic nitrogens is 2. The molecule has 3 aromatic carbocycles. The van der Waals surface area contributed by atoms with E-state index in [1.165, 1.54) is 23.5 Å². The van der Waals surface area contributed by atoms with Crippen molar-refractivity contribution < 1.29 is 22.8 Å². The van der Waals surface area contributed by atoms with E-state index in [4.69, 9.17) is 0 Å². The van der Waals surface area contributed by atoms with Crippen LogP contribution in [0, 0.1) is 0 Å². The standard InChI is InChI=1S/C30H23F3N4O2S/c1-37-17-22(15-26(37)28(39)34-16-23-18-40-29(36-23)20-7-3-2-4-8-20)35-27(38)25-10-6-5-9-24(25)19-11-13-21(14-12-19)30(31,32)33/h2-15,17-18H,16H2,1H3,(H,34,39)(H,35,38). The number of hydrogen-bond acceptors (Lipinski definition) is 4. The molecule has 2 heterocycles. The van der Waals surface area contributed by atoms with Gasteiger partial charge < -0.3 is 15.2 Å². The Morgan fingerprint density at radius 2 is 1.60 bits per heavy atom. The number of amides is 2. The zero-order valence-corrected chi connectivity index (χ0v) is 22.0. The lowest BCUT2D eigenvalue weighted by Crippen LogP contribution is -2.24. The van der Waals surface area contributed by atoms with Crippen molar-refractivity contribution in [1.29, 1.82) is 0 Å². The summed E-state index contributed by atoms with van der Waals surface area (Å²) in [5, 5.41) is 8.40. The first-order valence-electron chi connectivity index (χ1n) is 12.2. The normalized spacial score (nSPS) is 11.3. The third-order valence-electron chi connectivity index (χ3n) is 6.19. The highest BCUT2D eigenvalue weighted by Gasteiger charge is 2.30. The van der Waals surface area contributed by atoms with Gasteiger partial charge in [0.05, 0.1) is 23.5 Å². The summed E-state index contributed by atoms with van der Waals surface area (Å²) in [7, 11) is 1.69. The Kier molecular flexibility index (Phi) is 7.52. The van der Waals surface area contributed by atoms with Crippen LogP contribution in [0.3, 0.4) is 0 Å². The second-order valence-electron chi connectivity index (χ2n) is 8.99. The van der Waals surface area contributed by atoms with Crippen LogP contribution < -0.4 is 10.6 Å². The quantitative estimate of drug-likeness (QED) is 0.225. The van der Waals surface area contributed by atoms with E-state index < -0.39 is 17.6 Å². The number of nitrogens with one attached hydrogen (secondary N) is 2. The van der Waals surface area contributed by atoms with Crippen LogP contribution in [0.2, 0.25) is 0 Å². The molecule has 2 amide bonds. The van der Waals surface area contributed by atoms with E-state index in [1.54, 1.807) is 48.1 Å². The smallest absolute Gasteiger partial charge is 0.345 e. The Hall–Kier alpha value is -4.70. The van der Waals surface area contributed by atoms with Gasteiger partial charge >= 0.3 is 6.18 Å². The van der Waals surface area contributed by atoms with E-state index in [-0.39, 0.29) is 18.0 Å². The molecule has 202 valence electrons. The van der Waals surface area contributed by atoms with E-state index >= 15 is 0 Å². The zero-order chi connectivity index (χ0) is 28.3. The fraction of sp³-hybridized carbons (Fsp3) is 0.100. The van der Waals surface area contributed by atoms with Crippen molar-refractivity contribution in [2.75, 3.05) is 5.32 Å². The van der Waals surface area contributed by atoms with Crippen molar-refractivity contribution >= 4 is 28.8 Å². The predicted molar refractivity (Wildman–Crippen MR) is 149 cm³/mol. The van der Waals surface area contributed by atoms with Gasteiger partial charge in [0.15, 0.2) is 0 Å². The Morgan fingerprint density at radius 1 is 0.900 bits per heavy atom. The molecule has 0 atom stereocenters. The number of benzene rings is 3. The molecule has 0 aliphatic heterocycles. The van der Waals surface area contributed by atoms with Gasteiger partial charge in [-0.3, -0.25) is 9.59 Å². The van der Waals surface area contributed by atoms with Gasteiger partial charge in [0, 0.05) is 29.8 Å². The van der Waals surface area contributed by atoms with Gasteiger partial charge in [0.25, 0.3) is 11.8 Å². The van der Waals surface area contributed by atoms with Crippen LogP contribution in [0.15, 0.2) is 96.5 Å². The second kappa shape index (κ2) is 11.2. The largest absolute Gasteiger partial charge is 0.416 e. The number of rotatable bonds is 7. The minimum absolute atomic E-state index is 0.246. The second-order valence-corrected chi connectivity index (χ2v) is 9.85. The molecule has 10 heteroatoms. The van der Waals surface area contributed by atoms with Crippen molar-refractivity contribution in [1.82, 2.24) is 14.9 Å². The molecule has 0 aliphatic carbocycles. The predicted octanol–water partition coefficient (Wildman–Crippen LogP) is 7.02. The molecule has 0 aliphatic rings. The molecule has 2 N–H and O–H groups in total. The molecule has 5 rings (SSSR count). The Balaban J connectivity index is 1.26. The summed E-state index contributed by atoms with van der Waals surface area (Å²) < 4.78 is 40.5. The summed E-state index contributed by atoms with van der Waals surface area (Å²) in [6.45, 7) is 0.246. The maximum absolute atomic E-state index is 13.1. The van der Waals surface area contributed by atoms with E-state index in [1.807, 2.05) is 35.7 Å². The number of anilines is 1. The molecule has 40 heavy (non-hydrogen) atoms. The Morgan fingerprint density at radius 3 is 2.33 bits per heavy atom. The summed E-state index contributed by atoms with van der Waals surface area (Å²) in [5.74, 6) is -0.786. The lowest BCUT2D eigenvalue weighted by atomic mass is 9.98. The number of hydrogen-bond donors (Lipinski definition) is 2. The molecular formula is C30H23F3N4O2S. The zero-order valence-electron chi connectivity index (χ0n) is 21.2. The first kappa shape index (κ1) is 26.9. The number of carbonyl (C=O) groups excluding carboxylic acids is 2. The lowest BCUT2D eigenvalue weighted by Gasteiger charge is -2.11. The van der Waals surface area contributed by atoms with Crippen molar-refractivity contribution in [2.24, 2.45) is 7.05 Å². The van der Waals surface area contributed by atoms with Gasteiger partial charge in [-0.15, -0.1) is 11.3 Å². The van der Waals surface area contributed by atoms with E-state index in [0.717, 1.165) is 28.4 Å². The van der Waals surface area contributed by atoms with E-state index in [9.17, 15) is 22.8 Å². The molecule has 0 spiro atoms. The molecule has 0 radical (unpaired) electrons. The van der Waals surface area contributed by atoms with Crippen molar-refractivity contribution in [3.63, 3.8) is 0 Å². The number of aryl methyl sites for hydroxylation is 1. The Bertz CT molecular complexity index is 1660. The minimum Gasteiger partial charge on any atom is -0.345 e. The molecular weight excluding hydrogens is 537 g/mol. The highest BCUT2D eigenvalue weighted by molar-refractivity contribution is 7.13. The van der Waals surface area contributed by atoms with Gasteiger partial charge in [-0.1, -0.05) is 60.7 Å². The van der Waals surface area contributed by atoms with Crippen molar-refractivity contribution in [3.05, 3.63) is 119 Å². The lowest BCUT2D eigenvalue weighted by molar-refractivity contribution is -0.137. The van der Waals surface area contributed by atoms with Gasteiger partial charge in [-0.2, -0.15) is 13.2 Å². The van der Waals surface area contributed by atoms with Gasteiger partial charge in [0.2, 0.25) is 0 Å². The Labute approximate surface area is 232 Å². The number of nitrogens with zero attached hydrogens (tertiary/aromatic N) is 2. The summed E-state index contributed by atoms with van der Waals surface area (Å²) in [6.07, 6.45) is -2.83. The summed E-state index contributed by atoms with van der Waals surface area (Å²) >= 11 is 1.50. The minimum atomic E-state index is -4.45. The summed E-state index contributed by atoms with van der Waals surface area (Å²) in [6, 6.07) is 22.6. The summed E-state index contributed by atoms with van der Waals surface area (Å²) in [5.41, 5.74) is 2.97. The monoisotopic (exact) mass is 560 g/mol. The van der Waals surface area contributed by atoms with Crippen LogP contribution in [0.4, 0.5) is 18.9 Å². The fourth-order valence-electron chi connectivity index (χ4n) is 4.19. The van der Waals surface area contributed by atoms with Crippen LogP contribution >= 0.6 is 11.3 Å². The first-order chi connectivity index (χ1) is 19.2. The van der Waals surface area contributed by atoms with Gasteiger partial charge in [-0.25, -0.2) is 4.98 Å². The average Bonchev–Trinajstić information content (AvgIpc) is 3.58. The van der Waals surface area contributed by atoms with Crippen LogP contribution in [0.1, 0.15) is 32.1 Å². The van der Waals surface area contributed by atoms with Crippen LogP contribution in [0.5, 0.6) is 0 Å². The third kappa shape index (κ3) is 5.97. The average molecular weight is 561 g/mol. The molecule has 6 nitrogen and oxygen atoms in total. The number of thiazole rings is 1. The molecule has 0 saturated heterocycles. The van der Waals surface area contributed by atoms with Gasteiger partial charge in [-0.05, 0) is 35.4 Å². The van der Waals surface area contributed by atoms with Crippen molar-refractivity contribution in [2.45, 2.75) is 12.7 Å². The SMILES string of the molecule is Cn1cc(NC(=O)c2ccccc2-c2ccc(C(F)(F)F)cc2)cc1C(=O)NCc1csc(-c2ccccc2)n1. The van der Waals surface area contributed by atoms with Crippen LogP contribution in [-0.2, 0) is 19.8 Å². The number of alkyl halides is 3. The maximum Gasteiger partial charge on any atom is 0.416 e. The van der Waals surface area contributed by atoms with Crippen LogP contribution in [-0.4, -0.2) is 21.4 Å². The summed E-state index contributed by atoms with van der Waals surface area (Å²) in [4.78, 5) is 30.6. The highest BCUT2D eigenvalue weighted by Crippen LogP contribution is 2.32. The maximum atomic E-state index is 13.1. The number of halogens is 3. The molecule has 0 fully saturated rings. The highest BCUT2D eigenvalue weighted by atomic mass is 32.1. The number of carbonyl (C=O) groups is 2. The third-order valence-corrected chi connectivity index (χ3v) is 7.13. The first-order valence-corrected chi connectivity index (χ1v) is 13.1. The molecule has 0 saturated carbocycles. The van der Waals surface area contributed by atoms with Crippen molar-refractivity contribution in [3.8, 4) is 21.7 Å². The molecule has 2 aromatic heterocycles. The molecule has 5 aromatic rings. The molecule has 0 unspecified atom stereocenters. The van der Waals surface area contributed by atoms with E-state index in [0.29, 0.717) is 22.5 Å². The van der Waals surface area contributed by atoms with Gasteiger partial charge in [0.1, 0.15) is 10.7 Å².